The molecule has 2 aliphatic heterocycles. The van der Waals surface area contributed by atoms with Gasteiger partial charge in [0.15, 0.2) is 0 Å². The number of benzene rings is 1. The van der Waals surface area contributed by atoms with Gasteiger partial charge >= 0.3 is 12.6 Å². The van der Waals surface area contributed by atoms with E-state index in [1.807, 2.05) is 24.3 Å². The lowest BCUT2D eigenvalue weighted by Gasteiger charge is -2.38. The molecular formula is C29H39F3N7O2. The van der Waals surface area contributed by atoms with Crippen LogP contribution in [0.25, 0.3) is 0 Å². The molecule has 1 aromatic carbocycles. The number of hydrogen-bond acceptors (Lipinski definition) is 7. The van der Waals surface area contributed by atoms with Crippen molar-refractivity contribution in [3.63, 3.8) is 0 Å². The van der Waals surface area contributed by atoms with E-state index in [-0.39, 0.29) is 35.7 Å². The number of piperidine rings is 1. The highest BCUT2D eigenvalue weighted by atomic mass is 19.4. The largest absolute Gasteiger partial charge is 0.421 e. The number of carbonyl (C=O) groups is 1. The van der Waals surface area contributed by atoms with Crippen molar-refractivity contribution in [1.29, 1.82) is 0 Å². The predicted molar refractivity (Wildman–Crippen MR) is 153 cm³/mol. The van der Waals surface area contributed by atoms with Gasteiger partial charge in [-0.25, -0.2) is 4.98 Å². The van der Waals surface area contributed by atoms with Gasteiger partial charge in [-0.1, -0.05) is 20.8 Å². The van der Waals surface area contributed by atoms with Gasteiger partial charge in [0.25, 0.3) is 0 Å². The molecule has 3 heterocycles. The molecule has 41 heavy (non-hydrogen) atoms. The Hall–Kier alpha value is -3.57. The standard InChI is InChI=1S/C29H39F3N7O2/c1-28(2,3)24-19-38(16-7-17-39(24)20-40)22-11-9-21(10-12-22)35-27-34-18-23(29(30,31)32)26(36-27)33-13-6-15-37-14-5-4-8-25(37)41/h9-12,18,24H,4-8,13-17,19H2,1-3H3,(H2,33,34,35,36). The fraction of sp³-hybridized carbons (Fsp3) is 0.586. The van der Waals surface area contributed by atoms with Gasteiger partial charge in [-0.3, -0.25) is 9.59 Å². The van der Waals surface area contributed by atoms with Crippen LogP contribution in [-0.2, 0) is 15.8 Å². The van der Waals surface area contributed by atoms with Crippen LogP contribution < -0.4 is 15.5 Å². The molecule has 0 spiro atoms. The summed E-state index contributed by atoms with van der Waals surface area (Å²) >= 11 is 0. The SMILES string of the molecule is CC(C)(C)C1CN(c2ccc(Nc3ncc(C(F)(F)F)c(NCCCN4CCCCC4=O)n3)cc2)CCCN1[C]=O. The third-order valence-corrected chi connectivity index (χ3v) is 7.61. The molecule has 9 nitrogen and oxygen atoms in total. The minimum absolute atomic E-state index is 0.00658. The van der Waals surface area contributed by atoms with Gasteiger partial charge in [0.2, 0.25) is 11.9 Å². The summed E-state index contributed by atoms with van der Waals surface area (Å²) < 4.78 is 40.9. The van der Waals surface area contributed by atoms with Crippen molar-refractivity contribution in [2.75, 3.05) is 54.8 Å². The lowest BCUT2D eigenvalue weighted by atomic mass is 9.85. The second-order valence-corrected chi connectivity index (χ2v) is 11.7. The van der Waals surface area contributed by atoms with Gasteiger partial charge in [0, 0.05) is 63.3 Å². The number of aromatic nitrogens is 2. The van der Waals surface area contributed by atoms with Crippen molar-refractivity contribution in [3.8, 4) is 0 Å². The third kappa shape index (κ3) is 8.01. The van der Waals surface area contributed by atoms with Crippen LogP contribution in [0, 0.1) is 5.41 Å². The van der Waals surface area contributed by atoms with E-state index in [4.69, 9.17) is 0 Å². The molecule has 2 aromatic rings. The summed E-state index contributed by atoms with van der Waals surface area (Å²) in [6.45, 7) is 9.88. The fourth-order valence-corrected chi connectivity index (χ4v) is 5.32. The molecule has 2 amide bonds. The molecule has 12 heteroatoms. The van der Waals surface area contributed by atoms with E-state index < -0.39 is 11.7 Å². The number of nitrogens with one attached hydrogen (secondary N) is 2. The van der Waals surface area contributed by atoms with Crippen molar-refractivity contribution in [2.24, 2.45) is 5.41 Å². The van der Waals surface area contributed by atoms with Gasteiger partial charge in [-0.05, 0) is 55.4 Å². The maximum absolute atomic E-state index is 13.6. The van der Waals surface area contributed by atoms with Gasteiger partial charge in [-0.15, -0.1) is 0 Å². The number of carbonyl (C=O) groups excluding carboxylic acids is 2. The Kier molecular flexibility index (Phi) is 9.60. The minimum Gasteiger partial charge on any atom is -0.369 e. The zero-order valence-corrected chi connectivity index (χ0v) is 23.9. The molecule has 2 aliphatic rings. The van der Waals surface area contributed by atoms with Gasteiger partial charge in [0.1, 0.15) is 11.4 Å². The number of halogens is 3. The van der Waals surface area contributed by atoms with Crippen LogP contribution in [0.1, 0.15) is 58.4 Å². The highest BCUT2D eigenvalue weighted by molar-refractivity contribution is 5.76. The Morgan fingerprint density at radius 3 is 2.46 bits per heavy atom. The molecule has 4 rings (SSSR count). The Labute approximate surface area is 239 Å². The Balaban J connectivity index is 1.41. The normalized spacial score (nSPS) is 18.7. The molecule has 2 fully saturated rings. The molecule has 0 saturated carbocycles. The average molecular weight is 575 g/mol. The second-order valence-electron chi connectivity index (χ2n) is 11.7. The summed E-state index contributed by atoms with van der Waals surface area (Å²) in [5.74, 6) is -0.164. The molecule has 2 N–H and O–H groups in total. The van der Waals surface area contributed by atoms with Crippen molar-refractivity contribution in [1.82, 2.24) is 19.8 Å². The number of nitrogens with zero attached hydrogens (tertiary/aromatic N) is 5. The molecule has 1 unspecified atom stereocenters. The number of amides is 2. The topological polar surface area (TPSA) is 93.7 Å². The Bertz CT molecular complexity index is 1180. The van der Waals surface area contributed by atoms with E-state index in [1.54, 1.807) is 9.80 Å². The van der Waals surface area contributed by atoms with E-state index in [0.29, 0.717) is 44.7 Å². The number of alkyl halides is 3. The van der Waals surface area contributed by atoms with Crippen LogP contribution in [0.4, 0.5) is 36.3 Å². The van der Waals surface area contributed by atoms with Crippen molar-refractivity contribution in [2.45, 2.75) is 65.1 Å². The van der Waals surface area contributed by atoms with E-state index in [0.717, 1.165) is 37.7 Å². The summed E-state index contributed by atoms with van der Waals surface area (Å²) in [7, 11) is 0. The first-order valence-electron chi connectivity index (χ1n) is 14.2. The summed E-state index contributed by atoms with van der Waals surface area (Å²) in [5.41, 5.74) is 0.565. The average Bonchev–Trinajstić information content (AvgIpc) is 3.15. The summed E-state index contributed by atoms with van der Waals surface area (Å²) in [4.78, 5) is 37.3. The van der Waals surface area contributed by atoms with Gasteiger partial charge in [-0.2, -0.15) is 18.2 Å². The number of rotatable bonds is 9. The summed E-state index contributed by atoms with van der Waals surface area (Å²) in [6.07, 6.45) is 1.96. The third-order valence-electron chi connectivity index (χ3n) is 7.61. The zero-order chi connectivity index (χ0) is 29.6. The van der Waals surface area contributed by atoms with Crippen LogP contribution >= 0.6 is 0 Å². The van der Waals surface area contributed by atoms with E-state index >= 15 is 0 Å². The zero-order valence-electron chi connectivity index (χ0n) is 23.9. The highest BCUT2D eigenvalue weighted by Gasteiger charge is 2.36. The molecular weight excluding hydrogens is 535 g/mol. The monoisotopic (exact) mass is 574 g/mol. The van der Waals surface area contributed by atoms with Gasteiger partial charge in [0.05, 0.1) is 6.04 Å². The van der Waals surface area contributed by atoms with Crippen molar-refractivity contribution >= 4 is 35.5 Å². The second kappa shape index (κ2) is 12.9. The van der Waals surface area contributed by atoms with Crippen LogP contribution in [0.5, 0.6) is 0 Å². The lowest BCUT2D eigenvalue weighted by Crippen LogP contribution is -2.48. The minimum atomic E-state index is -4.61. The molecule has 1 atom stereocenters. The molecule has 1 radical (unpaired) electrons. The first kappa shape index (κ1) is 30.4. The van der Waals surface area contributed by atoms with Crippen LogP contribution in [0.3, 0.4) is 0 Å². The predicted octanol–water partition coefficient (Wildman–Crippen LogP) is 5.05. The number of hydrogen-bond donors (Lipinski definition) is 2. The molecule has 1 aromatic heterocycles. The quantitative estimate of drug-likeness (QED) is 0.405. The highest BCUT2D eigenvalue weighted by Crippen LogP contribution is 2.34. The fourth-order valence-electron chi connectivity index (χ4n) is 5.32. The van der Waals surface area contributed by atoms with Crippen LogP contribution in [0.15, 0.2) is 30.5 Å². The molecule has 0 aliphatic carbocycles. The van der Waals surface area contributed by atoms with Crippen molar-refractivity contribution < 1.29 is 22.8 Å². The maximum atomic E-state index is 13.6. The smallest absolute Gasteiger partial charge is 0.369 e. The number of anilines is 4. The van der Waals surface area contributed by atoms with E-state index in [2.05, 4.69) is 52.7 Å². The summed E-state index contributed by atoms with van der Waals surface area (Å²) in [6, 6.07) is 7.55. The lowest BCUT2D eigenvalue weighted by molar-refractivity contribution is -0.137. The van der Waals surface area contributed by atoms with Crippen LogP contribution in [-0.4, -0.2) is 77.4 Å². The van der Waals surface area contributed by atoms with E-state index in [1.165, 1.54) is 0 Å². The Morgan fingerprint density at radius 2 is 1.80 bits per heavy atom. The van der Waals surface area contributed by atoms with Crippen molar-refractivity contribution in [3.05, 3.63) is 36.0 Å². The van der Waals surface area contributed by atoms with Gasteiger partial charge < -0.3 is 25.3 Å². The summed E-state index contributed by atoms with van der Waals surface area (Å²) in [5, 5.41) is 5.80. The first-order chi connectivity index (χ1) is 19.5. The molecule has 0 bridgehead atoms. The first-order valence-corrected chi connectivity index (χ1v) is 14.2. The molecule has 223 valence electrons. The Morgan fingerprint density at radius 1 is 1.05 bits per heavy atom. The van der Waals surface area contributed by atoms with Crippen LogP contribution in [0.2, 0.25) is 0 Å². The van der Waals surface area contributed by atoms with E-state index in [9.17, 15) is 22.8 Å². The number of likely N-dealkylation sites (tertiary alicyclic amines) is 1. The molecule has 2 saturated heterocycles. The maximum Gasteiger partial charge on any atom is 0.421 e.